The Morgan fingerprint density at radius 1 is 1.13 bits per heavy atom. The van der Waals surface area contributed by atoms with Crippen molar-refractivity contribution >= 4 is 17.5 Å². The quantitative estimate of drug-likeness (QED) is 0.789. The van der Waals surface area contributed by atoms with Gasteiger partial charge in [-0.3, -0.25) is 4.79 Å². The van der Waals surface area contributed by atoms with Gasteiger partial charge in [-0.1, -0.05) is 65.3 Å². The highest BCUT2D eigenvalue weighted by Crippen LogP contribution is 2.22. The summed E-state index contributed by atoms with van der Waals surface area (Å²) in [7, 11) is 0. The van der Waals surface area contributed by atoms with E-state index >= 15 is 0 Å². The lowest BCUT2D eigenvalue weighted by Gasteiger charge is -2.14. The molecular formula is C17H14ClN3O2. The van der Waals surface area contributed by atoms with Crippen LogP contribution in [0.1, 0.15) is 29.2 Å². The fourth-order valence-electron chi connectivity index (χ4n) is 2.18. The zero-order valence-electron chi connectivity index (χ0n) is 12.4. The molecule has 0 aliphatic carbocycles. The maximum atomic E-state index is 12.2. The fourth-order valence-corrected chi connectivity index (χ4v) is 2.48. The molecule has 0 saturated heterocycles. The smallest absolute Gasteiger partial charge is 0.316 e. The Bertz CT molecular complexity index is 817. The Balaban J connectivity index is 1.74. The molecule has 3 aromatic rings. The molecule has 6 heteroatoms. The molecule has 0 fully saturated rings. The summed E-state index contributed by atoms with van der Waals surface area (Å²) in [4.78, 5) is 16.4. The molecule has 23 heavy (non-hydrogen) atoms. The second-order valence-electron chi connectivity index (χ2n) is 5.01. The third kappa shape index (κ3) is 3.40. The van der Waals surface area contributed by atoms with E-state index in [4.69, 9.17) is 16.1 Å². The van der Waals surface area contributed by atoms with Gasteiger partial charge in [0.25, 0.3) is 0 Å². The highest BCUT2D eigenvalue weighted by atomic mass is 35.5. The SMILES string of the molecule is CC(NC(=O)c1nc(-c2ccccc2)no1)c1ccccc1Cl. The summed E-state index contributed by atoms with van der Waals surface area (Å²) in [6.45, 7) is 1.84. The van der Waals surface area contributed by atoms with Crippen LogP contribution in [0.3, 0.4) is 0 Å². The molecule has 116 valence electrons. The number of nitrogens with one attached hydrogen (secondary N) is 1. The number of amides is 1. The number of hydrogen-bond donors (Lipinski definition) is 1. The minimum absolute atomic E-state index is 0.0808. The molecule has 0 saturated carbocycles. The van der Waals surface area contributed by atoms with Crippen molar-refractivity contribution in [1.29, 1.82) is 0 Å². The Morgan fingerprint density at radius 3 is 2.57 bits per heavy atom. The minimum atomic E-state index is -0.438. The molecule has 0 aliphatic rings. The van der Waals surface area contributed by atoms with E-state index in [-0.39, 0.29) is 11.9 Å². The first-order valence-electron chi connectivity index (χ1n) is 7.09. The molecule has 2 aromatic carbocycles. The molecule has 0 radical (unpaired) electrons. The van der Waals surface area contributed by atoms with E-state index in [1.807, 2.05) is 55.5 Å². The van der Waals surface area contributed by atoms with Gasteiger partial charge in [-0.2, -0.15) is 4.98 Å². The number of benzene rings is 2. The Morgan fingerprint density at radius 2 is 1.83 bits per heavy atom. The van der Waals surface area contributed by atoms with Gasteiger partial charge in [-0.25, -0.2) is 0 Å². The lowest BCUT2D eigenvalue weighted by Crippen LogP contribution is -2.27. The highest BCUT2D eigenvalue weighted by Gasteiger charge is 2.19. The molecule has 1 N–H and O–H groups in total. The van der Waals surface area contributed by atoms with E-state index in [2.05, 4.69) is 15.5 Å². The van der Waals surface area contributed by atoms with Crippen LogP contribution in [0.15, 0.2) is 59.1 Å². The zero-order valence-corrected chi connectivity index (χ0v) is 13.1. The second kappa shape index (κ2) is 6.62. The maximum absolute atomic E-state index is 12.2. The number of carbonyl (C=O) groups excluding carboxylic acids is 1. The van der Waals surface area contributed by atoms with Crippen molar-refractivity contribution in [3.63, 3.8) is 0 Å². The van der Waals surface area contributed by atoms with E-state index in [1.54, 1.807) is 6.07 Å². The molecule has 0 bridgehead atoms. The molecule has 1 unspecified atom stereocenters. The van der Waals surface area contributed by atoms with Crippen LogP contribution in [0, 0.1) is 0 Å². The molecule has 5 nitrogen and oxygen atoms in total. The Labute approximate surface area is 138 Å². The standard InChI is InChI=1S/C17H14ClN3O2/c1-11(13-9-5-6-10-14(13)18)19-16(22)17-20-15(21-23-17)12-7-3-2-4-8-12/h2-11H,1H3,(H,19,22). The number of hydrogen-bond acceptors (Lipinski definition) is 4. The van der Waals surface area contributed by atoms with Crippen LogP contribution < -0.4 is 5.32 Å². The van der Waals surface area contributed by atoms with Crippen molar-refractivity contribution in [2.45, 2.75) is 13.0 Å². The topological polar surface area (TPSA) is 68.0 Å². The number of rotatable bonds is 4. The molecule has 0 spiro atoms. The maximum Gasteiger partial charge on any atom is 0.316 e. The van der Waals surface area contributed by atoms with Crippen LogP contribution in [-0.4, -0.2) is 16.0 Å². The third-order valence-electron chi connectivity index (χ3n) is 3.37. The van der Waals surface area contributed by atoms with Gasteiger partial charge in [0.15, 0.2) is 0 Å². The number of halogens is 1. The minimum Gasteiger partial charge on any atom is -0.341 e. The van der Waals surface area contributed by atoms with E-state index < -0.39 is 5.91 Å². The van der Waals surface area contributed by atoms with Crippen LogP contribution >= 0.6 is 11.6 Å². The summed E-state index contributed by atoms with van der Waals surface area (Å²) in [5, 5.41) is 7.22. The first-order chi connectivity index (χ1) is 11.1. The average molecular weight is 328 g/mol. The van der Waals surface area contributed by atoms with Crippen LogP contribution in [0.25, 0.3) is 11.4 Å². The van der Waals surface area contributed by atoms with Crippen molar-refractivity contribution in [1.82, 2.24) is 15.5 Å². The van der Waals surface area contributed by atoms with Crippen LogP contribution in [0.4, 0.5) is 0 Å². The van der Waals surface area contributed by atoms with Gasteiger partial charge in [-0.05, 0) is 18.6 Å². The van der Waals surface area contributed by atoms with E-state index in [1.165, 1.54) is 0 Å². The Kier molecular flexibility index (Phi) is 4.39. The largest absolute Gasteiger partial charge is 0.341 e. The lowest BCUT2D eigenvalue weighted by atomic mass is 10.1. The predicted molar refractivity (Wildman–Crippen MR) is 87.1 cm³/mol. The Hall–Kier alpha value is -2.66. The first kappa shape index (κ1) is 15.2. The van der Waals surface area contributed by atoms with Crippen LogP contribution in [0.5, 0.6) is 0 Å². The summed E-state index contributed by atoms with van der Waals surface area (Å²) in [5.41, 5.74) is 1.61. The van der Waals surface area contributed by atoms with E-state index in [9.17, 15) is 4.79 Å². The van der Waals surface area contributed by atoms with Gasteiger partial charge in [0.05, 0.1) is 6.04 Å². The fraction of sp³-hybridized carbons (Fsp3) is 0.118. The van der Waals surface area contributed by atoms with Gasteiger partial charge in [0, 0.05) is 10.6 Å². The number of nitrogens with zero attached hydrogens (tertiary/aromatic N) is 2. The zero-order chi connectivity index (χ0) is 16.2. The van der Waals surface area contributed by atoms with Crippen LogP contribution in [-0.2, 0) is 0 Å². The van der Waals surface area contributed by atoms with Gasteiger partial charge < -0.3 is 9.84 Å². The second-order valence-corrected chi connectivity index (χ2v) is 5.41. The van der Waals surface area contributed by atoms with Crippen LogP contribution in [0.2, 0.25) is 5.02 Å². The predicted octanol–water partition coefficient (Wildman–Crippen LogP) is 3.88. The highest BCUT2D eigenvalue weighted by molar-refractivity contribution is 6.31. The molecule has 1 heterocycles. The molecule has 3 rings (SSSR count). The van der Waals surface area contributed by atoms with Gasteiger partial charge in [-0.15, -0.1) is 0 Å². The summed E-state index contributed by atoms with van der Waals surface area (Å²) < 4.78 is 5.04. The van der Waals surface area contributed by atoms with Gasteiger partial charge in [0.1, 0.15) is 0 Å². The number of aromatic nitrogens is 2. The lowest BCUT2D eigenvalue weighted by molar-refractivity contribution is 0.0895. The monoisotopic (exact) mass is 327 g/mol. The molecule has 1 atom stereocenters. The van der Waals surface area contributed by atoms with Crippen molar-refractivity contribution in [2.75, 3.05) is 0 Å². The van der Waals surface area contributed by atoms with Crippen molar-refractivity contribution < 1.29 is 9.32 Å². The molecule has 0 aliphatic heterocycles. The summed E-state index contributed by atoms with van der Waals surface area (Å²) in [6, 6.07) is 16.4. The molecular weight excluding hydrogens is 314 g/mol. The van der Waals surface area contributed by atoms with E-state index in [0.29, 0.717) is 10.8 Å². The molecule has 1 aromatic heterocycles. The first-order valence-corrected chi connectivity index (χ1v) is 7.47. The molecule has 1 amide bonds. The van der Waals surface area contributed by atoms with Crippen molar-refractivity contribution in [3.05, 3.63) is 71.1 Å². The van der Waals surface area contributed by atoms with Gasteiger partial charge in [0.2, 0.25) is 5.82 Å². The average Bonchev–Trinajstić information content (AvgIpc) is 3.06. The van der Waals surface area contributed by atoms with Gasteiger partial charge >= 0.3 is 11.8 Å². The summed E-state index contributed by atoms with van der Waals surface area (Å²) in [5.74, 6) is -0.143. The normalized spacial score (nSPS) is 11.9. The third-order valence-corrected chi connectivity index (χ3v) is 3.72. The summed E-state index contributed by atoms with van der Waals surface area (Å²) in [6.07, 6.45) is 0. The van der Waals surface area contributed by atoms with E-state index in [0.717, 1.165) is 11.1 Å². The van der Waals surface area contributed by atoms with Crippen molar-refractivity contribution in [3.8, 4) is 11.4 Å². The number of carbonyl (C=O) groups is 1. The summed E-state index contributed by atoms with van der Waals surface area (Å²) >= 11 is 6.13. The van der Waals surface area contributed by atoms with Crippen molar-refractivity contribution in [2.24, 2.45) is 0 Å².